The van der Waals surface area contributed by atoms with Crippen LogP contribution in [0.5, 0.6) is 11.6 Å². The molecule has 0 amide bonds. The number of piperidine rings is 1. The number of rotatable bonds is 12. The molecule has 0 spiro atoms. The van der Waals surface area contributed by atoms with E-state index in [2.05, 4.69) is 23.8 Å². The van der Waals surface area contributed by atoms with Gasteiger partial charge in [0.2, 0.25) is 5.88 Å². The molecular weight excluding hydrogens is 503 g/mol. The molecule has 1 N–H and O–H groups in total. The van der Waals surface area contributed by atoms with E-state index < -0.39 is 5.97 Å². The van der Waals surface area contributed by atoms with Crippen molar-refractivity contribution in [3.63, 3.8) is 0 Å². The maximum Gasteiger partial charge on any atom is 0.305 e. The quantitative estimate of drug-likeness (QED) is 0.378. The van der Waals surface area contributed by atoms with E-state index in [1.54, 1.807) is 24.5 Å². The molecule has 0 unspecified atom stereocenters. The molecule has 0 saturated carbocycles. The Morgan fingerprint density at radius 2 is 1.97 bits per heavy atom. The highest BCUT2D eigenvalue weighted by molar-refractivity contribution is 5.68. The van der Waals surface area contributed by atoms with Gasteiger partial charge in [-0.25, -0.2) is 14.4 Å². The van der Waals surface area contributed by atoms with Crippen molar-refractivity contribution in [1.29, 1.82) is 0 Å². The van der Waals surface area contributed by atoms with Crippen molar-refractivity contribution < 1.29 is 28.5 Å². The molecule has 4 rings (SSSR count). The van der Waals surface area contributed by atoms with Crippen LogP contribution < -0.4 is 19.3 Å². The third-order valence-electron chi connectivity index (χ3n) is 7.76. The smallest absolute Gasteiger partial charge is 0.305 e. The lowest BCUT2D eigenvalue weighted by Gasteiger charge is -2.38. The summed E-state index contributed by atoms with van der Waals surface area (Å²) in [4.78, 5) is 24.7. The molecule has 3 heterocycles. The van der Waals surface area contributed by atoms with Gasteiger partial charge in [-0.1, -0.05) is 27.2 Å². The van der Waals surface area contributed by atoms with Crippen molar-refractivity contribution in [1.82, 2.24) is 9.97 Å². The number of halogens is 1. The first kappa shape index (κ1) is 28.9. The van der Waals surface area contributed by atoms with Crippen molar-refractivity contribution in [2.24, 2.45) is 11.8 Å². The molecule has 2 saturated heterocycles. The van der Waals surface area contributed by atoms with Crippen molar-refractivity contribution in [2.75, 3.05) is 42.6 Å². The number of hydrogen-bond donors (Lipinski definition) is 1. The first-order valence-corrected chi connectivity index (χ1v) is 14.1. The van der Waals surface area contributed by atoms with Crippen LogP contribution in [0.1, 0.15) is 53.4 Å². The molecule has 0 radical (unpaired) electrons. The Morgan fingerprint density at radius 3 is 2.64 bits per heavy atom. The predicted octanol–water partition coefficient (Wildman–Crippen LogP) is 4.79. The molecule has 2 aliphatic heterocycles. The summed E-state index contributed by atoms with van der Waals surface area (Å²) < 4.78 is 32.4. The van der Waals surface area contributed by atoms with E-state index in [-0.39, 0.29) is 42.3 Å². The minimum Gasteiger partial charge on any atom is -0.494 e. The number of aliphatic carboxylic acids is 1. The lowest BCUT2D eigenvalue weighted by molar-refractivity contribution is -0.137. The Labute approximate surface area is 230 Å². The van der Waals surface area contributed by atoms with Crippen LogP contribution >= 0.6 is 0 Å². The Hall–Kier alpha value is -3.14. The summed E-state index contributed by atoms with van der Waals surface area (Å²) in [6.07, 6.45) is 5.87. The highest BCUT2D eigenvalue weighted by atomic mass is 19.1. The van der Waals surface area contributed by atoms with E-state index in [9.17, 15) is 14.3 Å². The number of anilines is 2. The van der Waals surface area contributed by atoms with Crippen molar-refractivity contribution >= 4 is 17.5 Å². The van der Waals surface area contributed by atoms with Gasteiger partial charge in [0.05, 0.1) is 37.2 Å². The summed E-state index contributed by atoms with van der Waals surface area (Å²) in [5.41, 5.74) is 0.545. The van der Waals surface area contributed by atoms with Crippen molar-refractivity contribution in [2.45, 2.75) is 71.6 Å². The fourth-order valence-corrected chi connectivity index (χ4v) is 5.53. The van der Waals surface area contributed by atoms with Gasteiger partial charge in [-0.3, -0.25) is 4.79 Å². The number of ether oxygens (including phenoxy) is 3. The molecule has 2 fully saturated rings. The average Bonchev–Trinajstić information content (AvgIpc) is 3.21. The number of nitrogens with zero attached hydrogens (tertiary/aromatic N) is 4. The Bertz CT molecular complexity index is 1090. The van der Waals surface area contributed by atoms with Crippen LogP contribution in [0.2, 0.25) is 0 Å². The molecular formula is C29H41FN4O5. The monoisotopic (exact) mass is 544 g/mol. The zero-order valence-electron chi connectivity index (χ0n) is 23.4. The molecule has 5 atom stereocenters. The van der Waals surface area contributed by atoms with Crippen molar-refractivity contribution in [3.8, 4) is 11.6 Å². The summed E-state index contributed by atoms with van der Waals surface area (Å²) in [6, 6.07) is 4.64. The van der Waals surface area contributed by atoms with Gasteiger partial charge in [-0.05, 0) is 25.5 Å². The van der Waals surface area contributed by atoms with Gasteiger partial charge in [0.1, 0.15) is 23.5 Å². The van der Waals surface area contributed by atoms with Gasteiger partial charge >= 0.3 is 5.97 Å². The van der Waals surface area contributed by atoms with E-state index in [1.807, 2.05) is 23.6 Å². The molecule has 2 aromatic rings. The predicted molar refractivity (Wildman–Crippen MR) is 147 cm³/mol. The van der Waals surface area contributed by atoms with E-state index in [1.165, 1.54) is 6.07 Å². The lowest BCUT2D eigenvalue weighted by Crippen LogP contribution is -2.44. The molecule has 39 heavy (non-hydrogen) atoms. The van der Waals surface area contributed by atoms with E-state index in [0.717, 1.165) is 12.8 Å². The number of unbranched alkanes of at least 4 members (excludes halogenated alkanes) is 1. The van der Waals surface area contributed by atoms with Crippen LogP contribution in [-0.4, -0.2) is 72.1 Å². The van der Waals surface area contributed by atoms with Gasteiger partial charge in [0.25, 0.3) is 0 Å². The van der Waals surface area contributed by atoms with Crippen LogP contribution in [0.25, 0.3) is 0 Å². The van der Waals surface area contributed by atoms with Crippen molar-refractivity contribution in [3.05, 3.63) is 36.4 Å². The molecule has 214 valence electrons. The van der Waals surface area contributed by atoms with Gasteiger partial charge in [-0.15, -0.1) is 0 Å². The zero-order chi connectivity index (χ0) is 27.9. The van der Waals surface area contributed by atoms with Crippen LogP contribution in [0.4, 0.5) is 15.9 Å². The average molecular weight is 545 g/mol. The molecule has 0 aliphatic carbocycles. The molecule has 1 aromatic heterocycles. The second kappa shape index (κ2) is 13.3. The summed E-state index contributed by atoms with van der Waals surface area (Å²) in [6.45, 7) is 11.2. The maximum absolute atomic E-state index is 14.6. The standard InChI is InChI=1S/C29H41FN4O5/c1-5-7-12-38-26-18-34(23(20(26)4)14-29(35)36)27-15-32-28(16-31-27)39-25-10-11-33(17-19(25)3)24-13-21(37-6-2)8-9-22(24)30/h8-9,13,15-16,19-20,23,25-26H,5-7,10-12,14,17-18H2,1-4H3,(H,35,36)/t19-,20+,23+,25-,26+/m1/s1. The number of carbonyl (C=O) groups is 1. The Balaban J connectivity index is 1.38. The third-order valence-corrected chi connectivity index (χ3v) is 7.76. The van der Waals surface area contributed by atoms with E-state index in [4.69, 9.17) is 14.2 Å². The minimum absolute atomic E-state index is 0.0128. The maximum atomic E-state index is 14.6. The fraction of sp³-hybridized carbons (Fsp3) is 0.621. The molecule has 9 nitrogen and oxygen atoms in total. The van der Waals surface area contributed by atoms with Crippen LogP contribution in [0, 0.1) is 17.7 Å². The highest BCUT2D eigenvalue weighted by Gasteiger charge is 2.41. The lowest BCUT2D eigenvalue weighted by atomic mass is 9.96. The largest absolute Gasteiger partial charge is 0.494 e. The number of carboxylic acids is 1. The molecule has 2 aliphatic rings. The first-order valence-electron chi connectivity index (χ1n) is 14.1. The van der Waals surface area contributed by atoms with Crippen LogP contribution in [0.3, 0.4) is 0 Å². The topological polar surface area (TPSA) is 97.3 Å². The second-order valence-electron chi connectivity index (χ2n) is 10.6. The molecule has 0 bridgehead atoms. The highest BCUT2D eigenvalue weighted by Crippen LogP contribution is 2.34. The summed E-state index contributed by atoms with van der Waals surface area (Å²) >= 11 is 0. The zero-order valence-corrected chi connectivity index (χ0v) is 23.4. The van der Waals surface area contributed by atoms with Gasteiger partial charge in [0, 0.05) is 56.6 Å². The molecule has 1 aromatic carbocycles. The second-order valence-corrected chi connectivity index (χ2v) is 10.6. The summed E-state index contributed by atoms with van der Waals surface area (Å²) in [5, 5.41) is 9.50. The van der Waals surface area contributed by atoms with E-state index >= 15 is 0 Å². The Kier molecular flexibility index (Phi) is 9.83. The Morgan fingerprint density at radius 1 is 1.15 bits per heavy atom. The fourth-order valence-electron chi connectivity index (χ4n) is 5.53. The minimum atomic E-state index is -0.844. The first-order chi connectivity index (χ1) is 18.8. The van der Waals surface area contributed by atoms with Gasteiger partial charge in [0.15, 0.2) is 0 Å². The number of benzene rings is 1. The van der Waals surface area contributed by atoms with Gasteiger partial charge in [-0.2, -0.15) is 0 Å². The normalized spacial score (nSPS) is 25.1. The van der Waals surface area contributed by atoms with Crippen LogP contribution in [0.15, 0.2) is 30.6 Å². The molecule has 10 heteroatoms. The third kappa shape index (κ3) is 7.09. The van der Waals surface area contributed by atoms with E-state index in [0.29, 0.717) is 62.4 Å². The van der Waals surface area contributed by atoms with Gasteiger partial charge < -0.3 is 29.1 Å². The summed E-state index contributed by atoms with van der Waals surface area (Å²) in [5.74, 6) is 0.787. The van der Waals surface area contributed by atoms with Crippen LogP contribution in [-0.2, 0) is 9.53 Å². The summed E-state index contributed by atoms with van der Waals surface area (Å²) in [7, 11) is 0. The number of hydrogen-bond acceptors (Lipinski definition) is 8. The number of carboxylic acid groups (broad SMARTS) is 1. The number of aromatic nitrogens is 2. The SMILES string of the molecule is CCCCO[C@H]1CN(c2cnc(O[C@@H]3CCN(c4cc(OCC)ccc4F)C[C@H]3C)cn2)[C@@H](CC(=O)O)[C@@H]1C.